The fraction of sp³-hybridized carbons (Fsp3) is 0.407. The lowest BCUT2D eigenvalue weighted by Crippen LogP contribution is -2.23. The molecule has 9 heteroatoms. The first kappa shape index (κ1) is 24.2. The third kappa shape index (κ3) is 4.79. The van der Waals surface area contributed by atoms with Crippen LogP contribution in [0.15, 0.2) is 47.9 Å². The quantitative estimate of drug-likeness (QED) is 0.392. The van der Waals surface area contributed by atoms with Crippen molar-refractivity contribution in [3.05, 3.63) is 59.7 Å². The van der Waals surface area contributed by atoms with Crippen LogP contribution in [-0.2, 0) is 0 Å². The Balaban J connectivity index is 1.35. The summed E-state index contributed by atoms with van der Waals surface area (Å²) in [6.07, 6.45) is 6.59. The van der Waals surface area contributed by atoms with E-state index in [-0.39, 0.29) is 17.9 Å². The summed E-state index contributed by atoms with van der Waals surface area (Å²) in [4.78, 5) is 25.2. The lowest BCUT2D eigenvalue weighted by atomic mass is 9.80. The number of Topliss-reactive ketones (excluding diaryl/α,β-unsaturated/α-hetero) is 1. The molecular formula is C27H28F3N5O. The third-order valence-corrected chi connectivity index (χ3v) is 7.17. The summed E-state index contributed by atoms with van der Waals surface area (Å²) in [6, 6.07) is 5.54. The highest BCUT2D eigenvalue weighted by Gasteiger charge is 2.40. The average Bonchev–Trinajstić information content (AvgIpc) is 3.48. The minimum atomic E-state index is -4.54. The van der Waals surface area contributed by atoms with Crippen molar-refractivity contribution in [3.8, 4) is 0 Å². The van der Waals surface area contributed by atoms with Gasteiger partial charge in [0.25, 0.3) is 0 Å². The molecule has 0 unspecified atom stereocenters. The smallest absolute Gasteiger partial charge is 0.337 e. The molecule has 1 N–H and O–H groups in total. The van der Waals surface area contributed by atoms with Crippen molar-refractivity contribution >= 4 is 34.2 Å². The highest BCUT2D eigenvalue weighted by Crippen LogP contribution is 2.34. The van der Waals surface area contributed by atoms with E-state index < -0.39 is 11.9 Å². The molecule has 0 radical (unpaired) electrons. The molecule has 1 saturated carbocycles. The van der Waals surface area contributed by atoms with E-state index in [1.54, 1.807) is 10.6 Å². The second-order valence-electron chi connectivity index (χ2n) is 9.83. The van der Waals surface area contributed by atoms with Gasteiger partial charge in [-0.05, 0) is 55.4 Å². The number of carbonyl (C=O) groups is 1. The van der Waals surface area contributed by atoms with Gasteiger partial charge in [-0.3, -0.25) is 14.2 Å². The number of ketones is 1. The predicted molar refractivity (Wildman–Crippen MR) is 134 cm³/mol. The second-order valence-corrected chi connectivity index (χ2v) is 9.83. The molecule has 36 heavy (non-hydrogen) atoms. The van der Waals surface area contributed by atoms with Gasteiger partial charge < -0.3 is 5.32 Å². The van der Waals surface area contributed by atoms with Crippen LogP contribution in [0.25, 0.3) is 11.2 Å². The molecule has 3 aromatic rings. The van der Waals surface area contributed by atoms with Crippen molar-refractivity contribution < 1.29 is 18.0 Å². The molecule has 0 spiro atoms. The van der Waals surface area contributed by atoms with Crippen molar-refractivity contribution in [2.24, 2.45) is 16.8 Å². The van der Waals surface area contributed by atoms with Crippen molar-refractivity contribution in [1.29, 1.82) is 0 Å². The van der Waals surface area contributed by atoms with Crippen LogP contribution in [0.5, 0.6) is 0 Å². The van der Waals surface area contributed by atoms with Crippen LogP contribution in [0.4, 0.5) is 24.7 Å². The standard InChI is InChI=1S/C27H28F3N5O/c1-16-3-5-18(6-4-16)14-23(36)20-8-7-19(13-17(20)2)34-25-26-33-15-22(35(26)12-11-32-25)21-9-10-31-24(21)27(28,29)30/h7-9,11-13,15-16,18H,3-6,10,14H2,1-2H3,(H,32,34). The summed E-state index contributed by atoms with van der Waals surface area (Å²) in [7, 11) is 0. The highest BCUT2D eigenvalue weighted by atomic mass is 19.4. The summed E-state index contributed by atoms with van der Waals surface area (Å²) in [6.45, 7) is 4.17. The number of allylic oxidation sites excluding steroid dienone is 1. The molecular weight excluding hydrogens is 467 g/mol. The number of nitrogens with zero attached hydrogens (tertiary/aromatic N) is 4. The molecule has 1 aliphatic heterocycles. The number of aryl methyl sites for hydroxylation is 1. The van der Waals surface area contributed by atoms with Gasteiger partial charge in [0, 0.05) is 35.6 Å². The number of anilines is 2. The van der Waals surface area contributed by atoms with Gasteiger partial charge in [0.1, 0.15) is 5.71 Å². The molecule has 2 aromatic heterocycles. The van der Waals surface area contributed by atoms with Crippen molar-refractivity contribution in [3.63, 3.8) is 0 Å². The van der Waals surface area contributed by atoms with Gasteiger partial charge in [-0.15, -0.1) is 0 Å². The number of alkyl halides is 3. The van der Waals surface area contributed by atoms with Gasteiger partial charge in [-0.25, -0.2) is 9.97 Å². The number of carbonyl (C=O) groups excluding carboxylic acids is 1. The number of halogens is 3. The number of hydrogen-bond acceptors (Lipinski definition) is 5. The van der Waals surface area contributed by atoms with Crippen LogP contribution in [0.3, 0.4) is 0 Å². The predicted octanol–water partition coefficient (Wildman–Crippen LogP) is 6.58. The SMILES string of the molecule is Cc1cc(Nc2nccn3c(C4=CCN=C4C(F)(F)F)cnc23)ccc1C(=O)CC1CCC(C)CC1. The minimum absolute atomic E-state index is 0.0123. The van der Waals surface area contributed by atoms with Gasteiger partial charge in [-0.2, -0.15) is 13.2 Å². The Labute approximate surface area is 207 Å². The molecule has 0 atom stereocenters. The maximum Gasteiger partial charge on any atom is 0.433 e. The largest absolute Gasteiger partial charge is 0.433 e. The Morgan fingerprint density at radius 2 is 1.94 bits per heavy atom. The topological polar surface area (TPSA) is 71.7 Å². The third-order valence-electron chi connectivity index (χ3n) is 7.17. The monoisotopic (exact) mass is 495 g/mol. The number of benzene rings is 1. The Morgan fingerprint density at radius 3 is 2.67 bits per heavy atom. The highest BCUT2D eigenvalue weighted by molar-refractivity contribution is 6.27. The number of rotatable bonds is 6. The fourth-order valence-electron chi connectivity index (χ4n) is 5.18. The maximum absolute atomic E-state index is 13.4. The van der Waals surface area contributed by atoms with Crippen molar-refractivity contribution in [1.82, 2.24) is 14.4 Å². The number of aromatic nitrogens is 3. The molecule has 1 aromatic carbocycles. The molecule has 5 rings (SSSR count). The normalized spacial score (nSPS) is 20.4. The van der Waals surface area contributed by atoms with Gasteiger partial charge in [-0.1, -0.05) is 25.8 Å². The van der Waals surface area contributed by atoms with Gasteiger partial charge >= 0.3 is 6.18 Å². The number of imidazole rings is 1. The molecule has 3 heterocycles. The Hall–Kier alpha value is -3.49. The molecule has 0 amide bonds. The first-order valence-electron chi connectivity index (χ1n) is 12.3. The molecule has 6 nitrogen and oxygen atoms in total. The van der Waals surface area contributed by atoms with E-state index in [1.807, 2.05) is 25.1 Å². The van der Waals surface area contributed by atoms with E-state index in [4.69, 9.17) is 0 Å². The van der Waals surface area contributed by atoms with E-state index in [2.05, 4.69) is 27.2 Å². The molecule has 188 valence electrons. The molecule has 1 aliphatic carbocycles. The van der Waals surface area contributed by atoms with Crippen LogP contribution >= 0.6 is 0 Å². The second kappa shape index (κ2) is 9.52. The Bertz CT molecular complexity index is 1360. The molecule has 1 fully saturated rings. The summed E-state index contributed by atoms with van der Waals surface area (Å²) >= 11 is 0. The van der Waals surface area contributed by atoms with E-state index >= 15 is 0 Å². The Morgan fingerprint density at radius 1 is 1.17 bits per heavy atom. The molecule has 2 aliphatic rings. The van der Waals surface area contributed by atoms with Crippen LogP contribution in [-0.4, -0.2) is 38.6 Å². The Kier molecular flexibility index (Phi) is 6.40. The summed E-state index contributed by atoms with van der Waals surface area (Å²) in [5.74, 6) is 1.79. The number of aliphatic imine (C=N–C) groups is 1. The van der Waals surface area contributed by atoms with Gasteiger partial charge in [0.15, 0.2) is 17.2 Å². The van der Waals surface area contributed by atoms with Crippen LogP contribution in [0.1, 0.15) is 60.6 Å². The van der Waals surface area contributed by atoms with E-state index in [1.165, 1.54) is 31.3 Å². The van der Waals surface area contributed by atoms with Crippen LogP contribution in [0.2, 0.25) is 0 Å². The van der Waals surface area contributed by atoms with E-state index in [0.717, 1.165) is 35.6 Å². The lowest BCUT2D eigenvalue weighted by Gasteiger charge is -2.25. The van der Waals surface area contributed by atoms with Crippen LogP contribution in [0, 0.1) is 18.8 Å². The van der Waals surface area contributed by atoms with Crippen molar-refractivity contribution in [2.75, 3.05) is 11.9 Å². The molecule has 0 saturated heterocycles. The lowest BCUT2D eigenvalue weighted by molar-refractivity contribution is -0.0571. The fourth-order valence-corrected chi connectivity index (χ4v) is 5.18. The number of nitrogens with one attached hydrogen (secondary N) is 1. The first-order valence-corrected chi connectivity index (χ1v) is 12.3. The zero-order valence-electron chi connectivity index (χ0n) is 20.3. The summed E-state index contributed by atoms with van der Waals surface area (Å²) in [5.41, 5.74) is 2.13. The maximum atomic E-state index is 13.4. The summed E-state index contributed by atoms with van der Waals surface area (Å²) in [5, 5.41) is 3.21. The number of hydrogen-bond donors (Lipinski definition) is 1. The zero-order chi connectivity index (χ0) is 25.4. The van der Waals surface area contributed by atoms with Gasteiger partial charge in [0.05, 0.1) is 18.4 Å². The van der Waals surface area contributed by atoms with E-state index in [9.17, 15) is 18.0 Å². The molecule has 0 bridgehead atoms. The van der Waals surface area contributed by atoms with Crippen molar-refractivity contribution in [2.45, 2.75) is 52.1 Å². The van der Waals surface area contributed by atoms with E-state index in [0.29, 0.717) is 29.5 Å². The minimum Gasteiger partial charge on any atom is -0.337 e. The van der Waals surface area contributed by atoms with Gasteiger partial charge in [0.2, 0.25) is 0 Å². The summed E-state index contributed by atoms with van der Waals surface area (Å²) < 4.78 is 41.8. The average molecular weight is 496 g/mol. The van der Waals surface area contributed by atoms with Crippen LogP contribution < -0.4 is 5.32 Å². The zero-order valence-corrected chi connectivity index (χ0v) is 20.3. The first-order chi connectivity index (χ1) is 17.2. The number of fused-ring (bicyclic) bond motifs is 1.